The second-order valence-corrected chi connectivity index (χ2v) is 6.43. The minimum atomic E-state index is -4.35. The number of carbonyl (C=O) groups excluding carboxylic acids is 1. The van der Waals surface area contributed by atoms with Crippen LogP contribution in [-0.4, -0.2) is 19.7 Å². The topological polar surface area (TPSA) is 44.8 Å². The van der Waals surface area contributed by atoms with Crippen LogP contribution in [-0.2, 0) is 10.9 Å². The fourth-order valence-corrected chi connectivity index (χ4v) is 2.68. The molecule has 160 valence electrons. The highest BCUT2D eigenvalue weighted by Gasteiger charge is 2.29. The van der Waals surface area contributed by atoms with Gasteiger partial charge in [0.05, 0.1) is 18.2 Å². The van der Waals surface area contributed by atoms with Gasteiger partial charge in [0.1, 0.15) is 23.9 Å². The van der Waals surface area contributed by atoms with E-state index in [9.17, 15) is 18.0 Å². The fourth-order valence-electron chi connectivity index (χ4n) is 2.68. The molecule has 31 heavy (non-hydrogen) atoms. The van der Waals surface area contributed by atoms with E-state index < -0.39 is 17.7 Å². The van der Waals surface area contributed by atoms with Crippen molar-refractivity contribution in [3.05, 3.63) is 95.6 Å². The predicted octanol–water partition coefficient (Wildman–Crippen LogP) is 6.38. The fraction of sp³-hybridized carbons (Fsp3) is 0.125. The molecule has 3 aromatic rings. The molecule has 4 nitrogen and oxygen atoms in total. The molecule has 0 saturated heterocycles. The summed E-state index contributed by atoms with van der Waals surface area (Å²) in [7, 11) is 1.31. The van der Waals surface area contributed by atoms with Crippen LogP contribution in [0.2, 0.25) is 0 Å². The van der Waals surface area contributed by atoms with Crippen LogP contribution in [0.5, 0.6) is 17.2 Å². The third-order valence-corrected chi connectivity index (χ3v) is 4.19. The van der Waals surface area contributed by atoms with Gasteiger partial charge in [-0.05, 0) is 54.1 Å². The number of benzene rings is 3. The lowest BCUT2D eigenvalue weighted by atomic mass is 10.1. The number of halogens is 3. The molecule has 0 fully saturated rings. The van der Waals surface area contributed by atoms with Gasteiger partial charge >= 0.3 is 12.1 Å². The molecular weight excluding hydrogens is 409 g/mol. The van der Waals surface area contributed by atoms with E-state index in [-0.39, 0.29) is 6.61 Å². The molecule has 0 N–H and O–H groups in total. The summed E-state index contributed by atoms with van der Waals surface area (Å²) >= 11 is 0. The Balaban J connectivity index is 1.57. The van der Waals surface area contributed by atoms with E-state index in [1.54, 1.807) is 60.7 Å². The smallest absolute Gasteiger partial charge is 0.416 e. The average molecular weight is 428 g/mol. The van der Waals surface area contributed by atoms with Gasteiger partial charge in [0.2, 0.25) is 0 Å². The number of rotatable bonds is 7. The van der Waals surface area contributed by atoms with Crippen LogP contribution in [0.25, 0.3) is 6.08 Å². The number of alkyl halides is 3. The zero-order chi connectivity index (χ0) is 22.3. The summed E-state index contributed by atoms with van der Waals surface area (Å²) in [4.78, 5) is 11.6. The van der Waals surface area contributed by atoms with Crippen molar-refractivity contribution < 1.29 is 32.2 Å². The Morgan fingerprint density at radius 1 is 0.903 bits per heavy atom. The maximum atomic E-state index is 12.6. The molecule has 3 aromatic carbocycles. The first kappa shape index (κ1) is 22.0. The largest absolute Gasteiger partial charge is 0.489 e. The molecule has 3 rings (SSSR count). The van der Waals surface area contributed by atoms with Crippen LogP contribution in [0.15, 0.2) is 78.9 Å². The van der Waals surface area contributed by atoms with Gasteiger partial charge in [-0.25, -0.2) is 4.79 Å². The average Bonchev–Trinajstić information content (AvgIpc) is 2.76. The van der Waals surface area contributed by atoms with Gasteiger partial charge in [0.15, 0.2) is 0 Å². The highest BCUT2D eigenvalue weighted by Crippen LogP contribution is 2.29. The number of carbonyl (C=O) groups is 1. The van der Waals surface area contributed by atoms with Gasteiger partial charge in [-0.3, -0.25) is 0 Å². The van der Waals surface area contributed by atoms with Crippen molar-refractivity contribution in [1.29, 1.82) is 0 Å². The highest BCUT2D eigenvalue weighted by atomic mass is 19.4. The van der Waals surface area contributed by atoms with Crippen molar-refractivity contribution in [3.63, 3.8) is 0 Å². The van der Waals surface area contributed by atoms with E-state index in [1.165, 1.54) is 19.2 Å². The number of ether oxygens (including phenoxy) is 3. The van der Waals surface area contributed by atoms with Crippen molar-refractivity contribution in [2.75, 3.05) is 13.7 Å². The standard InChI is InChI=1S/C24H19F3O4/c1-29-23(28)18-6-2-8-21(15-18)31-22-9-3-7-20(16-22)30-14-4-5-17-10-12-19(13-11-17)24(25,26)27/h2-13,15-16H,14H2,1H3/b5-4+. The minimum absolute atomic E-state index is 0.225. The molecule has 0 atom stereocenters. The van der Waals surface area contributed by atoms with Crippen molar-refractivity contribution in [2.24, 2.45) is 0 Å². The quantitative estimate of drug-likeness (QED) is 0.410. The lowest BCUT2D eigenvalue weighted by molar-refractivity contribution is -0.137. The zero-order valence-corrected chi connectivity index (χ0v) is 16.6. The van der Waals surface area contributed by atoms with Crippen molar-refractivity contribution >= 4 is 12.0 Å². The third kappa shape index (κ3) is 6.37. The number of hydrogen-bond donors (Lipinski definition) is 0. The van der Waals surface area contributed by atoms with E-state index in [2.05, 4.69) is 0 Å². The Kier molecular flexibility index (Phi) is 6.97. The Morgan fingerprint density at radius 2 is 1.55 bits per heavy atom. The third-order valence-electron chi connectivity index (χ3n) is 4.19. The second-order valence-electron chi connectivity index (χ2n) is 6.43. The SMILES string of the molecule is COC(=O)c1cccc(Oc2cccc(OC/C=C/c3ccc(C(F)(F)F)cc3)c2)c1. The first-order valence-electron chi connectivity index (χ1n) is 9.28. The zero-order valence-electron chi connectivity index (χ0n) is 16.6. The van der Waals surface area contributed by atoms with E-state index in [1.807, 2.05) is 0 Å². The number of hydrogen-bond acceptors (Lipinski definition) is 4. The lowest BCUT2D eigenvalue weighted by Crippen LogP contribution is -2.03. The van der Waals surface area contributed by atoms with E-state index >= 15 is 0 Å². The Morgan fingerprint density at radius 3 is 2.23 bits per heavy atom. The summed E-state index contributed by atoms with van der Waals surface area (Å²) in [5.41, 5.74) is 0.329. The van der Waals surface area contributed by atoms with E-state index in [4.69, 9.17) is 14.2 Å². The molecule has 7 heteroatoms. The van der Waals surface area contributed by atoms with Crippen LogP contribution in [0.3, 0.4) is 0 Å². The van der Waals surface area contributed by atoms with Crippen LogP contribution in [0, 0.1) is 0 Å². The summed E-state index contributed by atoms with van der Waals surface area (Å²) in [5, 5.41) is 0. The van der Waals surface area contributed by atoms with Gasteiger partial charge in [-0.1, -0.05) is 30.3 Å². The molecule has 0 heterocycles. The van der Waals surface area contributed by atoms with Crippen LogP contribution in [0.1, 0.15) is 21.5 Å². The molecule has 0 saturated carbocycles. The van der Waals surface area contributed by atoms with Crippen LogP contribution >= 0.6 is 0 Å². The first-order chi connectivity index (χ1) is 14.8. The van der Waals surface area contributed by atoms with Gasteiger partial charge in [0, 0.05) is 6.07 Å². The summed E-state index contributed by atoms with van der Waals surface area (Å²) in [6.07, 6.45) is -0.964. The van der Waals surface area contributed by atoms with Crippen molar-refractivity contribution in [1.82, 2.24) is 0 Å². The molecule has 0 unspecified atom stereocenters. The Labute approximate surface area is 177 Å². The maximum absolute atomic E-state index is 12.6. The van der Waals surface area contributed by atoms with Gasteiger partial charge < -0.3 is 14.2 Å². The Hall–Kier alpha value is -3.74. The van der Waals surface area contributed by atoms with Gasteiger partial charge in [0.25, 0.3) is 0 Å². The second kappa shape index (κ2) is 9.84. The van der Waals surface area contributed by atoms with Crippen LogP contribution in [0.4, 0.5) is 13.2 Å². The molecule has 0 aliphatic heterocycles. The highest BCUT2D eigenvalue weighted by molar-refractivity contribution is 5.89. The molecule has 0 radical (unpaired) electrons. The molecule has 0 aromatic heterocycles. The molecule has 0 bridgehead atoms. The monoisotopic (exact) mass is 428 g/mol. The van der Waals surface area contributed by atoms with Crippen molar-refractivity contribution in [3.8, 4) is 17.2 Å². The molecule has 0 spiro atoms. The number of esters is 1. The predicted molar refractivity (Wildman–Crippen MR) is 110 cm³/mol. The molecule has 0 aliphatic rings. The number of methoxy groups -OCH3 is 1. The normalized spacial score (nSPS) is 11.4. The van der Waals surface area contributed by atoms with Gasteiger partial charge in [-0.2, -0.15) is 13.2 Å². The Bertz CT molecular complexity index is 1060. The minimum Gasteiger partial charge on any atom is -0.489 e. The van der Waals surface area contributed by atoms with Gasteiger partial charge in [-0.15, -0.1) is 0 Å². The molecule has 0 aliphatic carbocycles. The summed E-state index contributed by atoms with van der Waals surface area (Å²) in [6.45, 7) is 0.225. The molecular formula is C24H19F3O4. The summed E-state index contributed by atoms with van der Waals surface area (Å²) in [6, 6.07) is 18.4. The maximum Gasteiger partial charge on any atom is 0.416 e. The van der Waals surface area contributed by atoms with E-state index in [0.717, 1.165) is 12.1 Å². The van der Waals surface area contributed by atoms with E-state index in [0.29, 0.717) is 28.4 Å². The lowest BCUT2D eigenvalue weighted by Gasteiger charge is -2.09. The summed E-state index contributed by atoms with van der Waals surface area (Å²) < 4.78 is 53.9. The van der Waals surface area contributed by atoms with Crippen LogP contribution < -0.4 is 9.47 Å². The first-order valence-corrected chi connectivity index (χ1v) is 9.28. The van der Waals surface area contributed by atoms with Crippen molar-refractivity contribution in [2.45, 2.75) is 6.18 Å². The molecule has 0 amide bonds. The summed E-state index contributed by atoms with van der Waals surface area (Å²) in [5.74, 6) is 1.09.